The summed E-state index contributed by atoms with van der Waals surface area (Å²) in [5, 5.41) is 11.5. The third-order valence-electron chi connectivity index (χ3n) is 5.20. The Hall–Kier alpha value is -2.25. The normalized spacial score (nSPS) is 19.6. The lowest BCUT2D eigenvalue weighted by Crippen LogP contribution is -2.56. The van der Waals surface area contributed by atoms with E-state index in [1.807, 2.05) is 35.2 Å². The van der Waals surface area contributed by atoms with Gasteiger partial charge in [-0.05, 0) is 25.0 Å². The molecule has 0 atom stereocenters. The van der Waals surface area contributed by atoms with Gasteiger partial charge >= 0.3 is 0 Å². The quantitative estimate of drug-likeness (QED) is 0.897. The van der Waals surface area contributed by atoms with Crippen molar-refractivity contribution in [3.8, 4) is 11.5 Å². The standard InChI is InChI=1S/C19H24N4O3/c24-17(23-11-8-19(9-12-23)14-20-10-13-25-19)7-6-16-21-22-18(26-16)15-4-2-1-3-5-15/h1-5,20H,6-14H2. The number of amides is 1. The molecule has 1 aromatic heterocycles. The van der Waals surface area contributed by atoms with Crippen molar-refractivity contribution in [3.63, 3.8) is 0 Å². The van der Waals surface area contributed by atoms with Gasteiger partial charge in [0.05, 0.1) is 12.2 Å². The minimum absolute atomic E-state index is 0.0773. The van der Waals surface area contributed by atoms with Crippen LogP contribution in [0.3, 0.4) is 0 Å². The summed E-state index contributed by atoms with van der Waals surface area (Å²) in [7, 11) is 0. The number of carbonyl (C=O) groups excluding carboxylic acids is 1. The molecule has 1 amide bonds. The van der Waals surface area contributed by atoms with Crippen LogP contribution in [-0.4, -0.2) is 59.4 Å². The smallest absolute Gasteiger partial charge is 0.247 e. The largest absolute Gasteiger partial charge is 0.421 e. The molecule has 0 aliphatic carbocycles. The van der Waals surface area contributed by atoms with Crippen LogP contribution in [0.1, 0.15) is 25.2 Å². The van der Waals surface area contributed by atoms with E-state index in [0.29, 0.717) is 24.6 Å². The van der Waals surface area contributed by atoms with Gasteiger partial charge < -0.3 is 19.4 Å². The molecule has 2 fully saturated rings. The number of likely N-dealkylation sites (tertiary alicyclic amines) is 1. The molecule has 138 valence electrons. The number of nitrogens with one attached hydrogen (secondary N) is 1. The number of nitrogens with zero attached hydrogens (tertiary/aromatic N) is 3. The number of hydrogen-bond donors (Lipinski definition) is 1. The van der Waals surface area contributed by atoms with Crippen molar-refractivity contribution in [2.45, 2.75) is 31.3 Å². The maximum Gasteiger partial charge on any atom is 0.247 e. The Morgan fingerprint density at radius 3 is 2.73 bits per heavy atom. The molecule has 0 radical (unpaired) electrons. The highest BCUT2D eigenvalue weighted by molar-refractivity contribution is 5.76. The van der Waals surface area contributed by atoms with E-state index < -0.39 is 0 Å². The fourth-order valence-electron chi connectivity index (χ4n) is 3.62. The number of carbonyl (C=O) groups is 1. The van der Waals surface area contributed by atoms with Crippen LogP contribution < -0.4 is 5.32 Å². The topological polar surface area (TPSA) is 80.5 Å². The van der Waals surface area contributed by atoms with Crippen molar-refractivity contribution in [1.29, 1.82) is 0 Å². The zero-order valence-corrected chi connectivity index (χ0v) is 14.8. The van der Waals surface area contributed by atoms with Crippen molar-refractivity contribution in [1.82, 2.24) is 20.4 Å². The number of aryl methyl sites for hydroxylation is 1. The third-order valence-corrected chi connectivity index (χ3v) is 5.20. The lowest BCUT2D eigenvalue weighted by molar-refractivity contribution is -0.140. The highest BCUT2D eigenvalue weighted by Crippen LogP contribution is 2.28. The first-order valence-electron chi connectivity index (χ1n) is 9.24. The second-order valence-corrected chi connectivity index (χ2v) is 6.96. The fraction of sp³-hybridized carbons (Fsp3) is 0.526. The van der Waals surface area contributed by atoms with Gasteiger partial charge in [0.2, 0.25) is 17.7 Å². The van der Waals surface area contributed by atoms with Crippen LogP contribution in [0.15, 0.2) is 34.7 Å². The number of rotatable bonds is 4. The summed E-state index contributed by atoms with van der Waals surface area (Å²) in [6, 6.07) is 9.65. The summed E-state index contributed by atoms with van der Waals surface area (Å²) in [4.78, 5) is 14.4. The number of piperidine rings is 1. The first kappa shape index (κ1) is 17.2. The summed E-state index contributed by atoms with van der Waals surface area (Å²) in [6.07, 6.45) is 2.65. The van der Waals surface area contributed by atoms with Gasteiger partial charge in [0.1, 0.15) is 0 Å². The molecule has 26 heavy (non-hydrogen) atoms. The zero-order valence-electron chi connectivity index (χ0n) is 14.8. The van der Waals surface area contributed by atoms with Crippen molar-refractivity contribution in [2.75, 3.05) is 32.8 Å². The van der Waals surface area contributed by atoms with E-state index in [2.05, 4.69) is 15.5 Å². The van der Waals surface area contributed by atoms with Gasteiger partial charge in [0.15, 0.2) is 0 Å². The minimum atomic E-state index is -0.0773. The molecule has 1 aromatic carbocycles. The summed E-state index contributed by atoms with van der Waals surface area (Å²) in [5.41, 5.74) is 0.812. The predicted molar refractivity (Wildman–Crippen MR) is 95.4 cm³/mol. The number of aromatic nitrogens is 2. The molecule has 2 aliphatic heterocycles. The van der Waals surface area contributed by atoms with E-state index in [9.17, 15) is 4.79 Å². The Morgan fingerprint density at radius 2 is 2.00 bits per heavy atom. The van der Waals surface area contributed by atoms with Gasteiger partial charge in [-0.1, -0.05) is 18.2 Å². The van der Waals surface area contributed by atoms with Crippen LogP contribution >= 0.6 is 0 Å². The van der Waals surface area contributed by atoms with E-state index in [1.165, 1.54) is 0 Å². The highest BCUT2D eigenvalue weighted by Gasteiger charge is 2.37. The molecule has 7 heteroatoms. The van der Waals surface area contributed by atoms with Gasteiger partial charge in [-0.2, -0.15) is 0 Å². The van der Waals surface area contributed by atoms with E-state index in [1.54, 1.807) is 0 Å². The monoisotopic (exact) mass is 356 g/mol. The second kappa shape index (κ2) is 7.55. The molecule has 4 rings (SSSR count). The van der Waals surface area contributed by atoms with E-state index in [-0.39, 0.29) is 11.5 Å². The molecule has 0 saturated carbocycles. The summed E-state index contributed by atoms with van der Waals surface area (Å²) >= 11 is 0. The Bertz CT molecular complexity index is 730. The molecule has 3 heterocycles. The molecule has 7 nitrogen and oxygen atoms in total. The summed E-state index contributed by atoms with van der Waals surface area (Å²) in [6.45, 7) is 4.06. The van der Waals surface area contributed by atoms with E-state index in [0.717, 1.165) is 51.2 Å². The fourth-order valence-corrected chi connectivity index (χ4v) is 3.62. The lowest BCUT2D eigenvalue weighted by Gasteiger charge is -2.44. The predicted octanol–water partition coefficient (Wildman–Crippen LogP) is 1.65. The highest BCUT2D eigenvalue weighted by atomic mass is 16.5. The van der Waals surface area contributed by atoms with Crippen molar-refractivity contribution >= 4 is 5.91 Å². The molecule has 2 saturated heterocycles. The van der Waals surface area contributed by atoms with Gasteiger partial charge in [-0.15, -0.1) is 10.2 Å². The van der Waals surface area contributed by atoms with Gasteiger partial charge in [-0.25, -0.2) is 0 Å². The molecule has 1 N–H and O–H groups in total. The van der Waals surface area contributed by atoms with Crippen LogP contribution in [0, 0.1) is 0 Å². The Kier molecular flexibility index (Phi) is 4.99. The average Bonchev–Trinajstić information content (AvgIpc) is 3.17. The van der Waals surface area contributed by atoms with Gasteiger partial charge in [-0.3, -0.25) is 4.79 Å². The first-order chi connectivity index (χ1) is 12.7. The molecule has 0 bridgehead atoms. The van der Waals surface area contributed by atoms with Crippen LogP contribution in [0.4, 0.5) is 0 Å². The molecular weight excluding hydrogens is 332 g/mol. The Balaban J connectivity index is 1.28. The first-order valence-corrected chi connectivity index (χ1v) is 9.24. The number of benzene rings is 1. The maximum absolute atomic E-state index is 12.5. The maximum atomic E-state index is 12.5. The Morgan fingerprint density at radius 1 is 1.19 bits per heavy atom. The molecule has 1 spiro atoms. The van der Waals surface area contributed by atoms with Crippen LogP contribution in [0.25, 0.3) is 11.5 Å². The van der Waals surface area contributed by atoms with Gasteiger partial charge in [0, 0.05) is 44.6 Å². The molecule has 2 aliphatic rings. The summed E-state index contributed by atoms with van der Waals surface area (Å²) in [5.74, 6) is 1.14. The summed E-state index contributed by atoms with van der Waals surface area (Å²) < 4.78 is 11.7. The molecule has 2 aromatic rings. The number of ether oxygens (including phenoxy) is 1. The molecule has 0 unspecified atom stereocenters. The number of hydrogen-bond acceptors (Lipinski definition) is 6. The van der Waals surface area contributed by atoms with Crippen molar-refractivity contribution in [3.05, 3.63) is 36.2 Å². The van der Waals surface area contributed by atoms with Gasteiger partial charge in [0.25, 0.3) is 0 Å². The van der Waals surface area contributed by atoms with E-state index >= 15 is 0 Å². The van der Waals surface area contributed by atoms with Crippen molar-refractivity contribution < 1.29 is 13.9 Å². The minimum Gasteiger partial charge on any atom is -0.421 e. The second-order valence-electron chi connectivity index (χ2n) is 6.96. The SMILES string of the molecule is O=C(CCc1nnc(-c2ccccc2)o1)N1CCC2(CC1)CNCCO2. The van der Waals surface area contributed by atoms with E-state index in [4.69, 9.17) is 9.15 Å². The van der Waals surface area contributed by atoms with Crippen LogP contribution in [0.2, 0.25) is 0 Å². The average molecular weight is 356 g/mol. The zero-order chi connectivity index (χ0) is 17.8. The lowest BCUT2D eigenvalue weighted by atomic mass is 9.90. The van der Waals surface area contributed by atoms with Crippen molar-refractivity contribution in [2.24, 2.45) is 0 Å². The number of morpholine rings is 1. The van der Waals surface area contributed by atoms with Crippen LogP contribution in [-0.2, 0) is 16.0 Å². The Labute approximate surface area is 152 Å². The van der Waals surface area contributed by atoms with Crippen LogP contribution in [0.5, 0.6) is 0 Å². The molecular formula is C19H24N4O3. The third kappa shape index (κ3) is 3.78.